The lowest BCUT2D eigenvalue weighted by Gasteiger charge is -2.12. The third-order valence-electron chi connectivity index (χ3n) is 4.43. The normalized spacial score (nSPS) is 15.1. The van der Waals surface area contributed by atoms with Gasteiger partial charge in [0.15, 0.2) is 0 Å². The molecule has 0 atom stereocenters. The molecule has 0 radical (unpaired) electrons. The van der Waals surface area contributed by atoms with Gasteiger partial charge >= 0.3 is 0 Å². The minimum Gasteiger partial charge on any atom is -0.320 e. The molecule has 0 bridgehead atoms. The summed E-state index contributed by atoms with van der Waals surface area (Å²) < 4.78 is 0. The number of hydrogen-bond acceptors (Lipinski definition) is 3. The summed E-state index contributed by atoms with van der Waals surface area (Å²) in [5.41, 5.74) is 2.01. The number of aryl methyl sites for hydroxylation is 1. The van der Waals surface area contributed by atoms with Gasteiger partial charge < -0.3 is 5.32 Å². The van der Waals surface area contributed by atoms with E-state index in [9.17, 15) is 14.9 Å². The van der Waals surface area contributed by atoms with Crippen molar-refractivity contribution in [1.82, 2.24) is 0 Å². The van der Waals surface area contributed by atoms with E-state index in [1.54, 1.807) is 13.0 Å². The topological polar surface area (TPSA) is 72.2 Å². The summed E-state index contributed by atoms with van der Waals surface area (Å²) in [5.74, 6) is 0.517. The van der Waals surface area contributed by atoms with Gasteiger partial charge in [-0.15, -0.1) is 0 Å². The number of nitro groups is 1. The number of anilines is 1. The Bertz CT molecular complexity index is 549. The fourth-order valence-corrected chi connectivity index (χ4v) is 2.95. The Morgan fingerprint density at radius 3 is 2.62 bits per heavy atom. The lowest BCUT2D eigenvalue weighted by Crippen LogP contribution is -2.15. The standard InChI is InChI=1S/C16H22N2O3/c1-11-7-9-14(18(20)21)16(12(11)2)17-15(19)10-8-13-5-3-4-6-13/h7,9,13H,3-6,8,10H2,1-2H3,(H,17,19). The second kappa shape index (κ2) is 6.70. The lowest BCUT2D eigenvalue weighted by atomic mass is 10.0. The molecule has 0 spiro atoms. The second-order valence-corrected chi connectivity index (χ2v) is 5.90. The van der Waals surface area contributed by atoms with Crippen LogP contribution in [0.2, 0.25) is 0 Å². The molecule has 1 aromatic rings. The highest BCUT2D eigenvalue weighted by atomic mass is 16.6. The van der Waals surface area contributed by atoms with Crippen LogP contribution in [-0.4, -0.2) is 10.8 Å². The molecule has 5 nitrogen and oxygen atoms in total. The van der Waals surface area contributed by atoms with E-state index in [1.807, 2.05) is 6.92 Å². The van der Waals surface area contributed by atoms with Gasteiger partial charge in [0.1, 0.15) is 5.69 Å². The number of nitrogens with one attached hydrogen (secondary N) is 1. The van der Waals surface area contributed by atoms with Crippen LogP contribution in [0.25, 0.3) is 0 Å². The Morgan fingerprint density at radius 2 is 2.00 bits per heavy atom. The van der Waals surface area contributed by atoms with Crippen LogP contribution in [0.4, 0.5) is 11.4 Å². The van der Waals surface area contributed by atoms with E-state index in [4.69, 9.17) is 0 Å². The molecule has 1 aromatic carbocycles. The highest BCUT2D eigenvalue weighted by molar-refractivity contribution is 5.94. The molecule has 1 fully saturated rings. The molecule has 114 valence electrons. The SMILES string of the molecule is Cc1ccc([N+](=O)[O-])c(NC(=O)CCC2CCCC2)c1C. The molecule has 2 rings (SSSR count). The first-order valence-electron chi connectivity index (χ1n) is 7.53. The Labute approximate surface area is 124 Å². The van der Waals surface area contributed by atoms with E-state index in [2.05, 4.69) is 5.32 Å². The monoisotopic (exact) mass is 290 g/mol. The van der Waals surface area contributed by atoms with E-state index in [0.717, 1.165) is 17.5 Å². The number of hydrogen-bond donors (Lipinski definition) is 1. The van der Waals surface area contributed by atoms with Gasteiger partial charge in [0.2, 0.25) is 5.91 Å². The number of nitro benzene ring substituents is 1. The van der Waals surface area contributed by atoms with Crippen LogP contribution in [0.1, 0.15) is 49.7 Å². The Kier molecular flexibility index (Phi) is 4.94. The first-order chi connectivity index (χ1) is 9.99. The van der Waals surface area contributed by atoms with Crippen LogP contribution >= 0.6 is 0 Å². The number of carbonyl (C=O) groups is 1. The van der Waals surface area contributed by atoms with Gasteiger partial charge in [-0.25, -0.2) is 0 Å². The zero-order chi connectivity index (χ0) is 15.4. The Balaban J connectivity index is 2.05. The molecule has 5 heteroatoms. The molecule has 1 aliphatic rings. The highest BCUT2D eigenvalue weighted by Crippen LogP contribution is 2.31. The Hall–Kier alpha value is -1.91. The van der Waals surface area contributed by atoms with Gasteiger partial charge in [-0.3, -0.25) is 14.9 Å². The first-order valence-corrected chi connectivity index (χ1v) is 7.53. The van der Waals surface area contributed by atoms with Crippen molar-refractivity contribution in [3.05, 3.63) is 33.4 Å². The van der Waals surface area contributed by atoms with Crippen molar-refractivity contribution < 1.29 is 9.72 Å². The predicted octanol–water partition coefficient (Wildman–Crippen LogP) is 4.12. The lowest BCUT2D eigenvalue weighted by molar-refractivity contribution is -0.384. The number of amides is 1. The summed E-state index contributed by atoms with van der Waals surface area (Å²) in [5, 5.41) is 13.8. The summed E-state index contributed by atoms with van der Waals surface area (Å²) in [6.45, 7) is 3.68. The van der Waals surface area contributed by atoms with Crippen molar-refractivity contribution in [2.24, 2.45) is 5.92 Å². The largest absolute Gasteiger partial charge is 0.320 e. The smallest absolute Gasteiger partial charge is 0.293 e. The van der Waals surface area contributed by atoms with Crippen molar-refractivity contribution in [2.75, 3.05) is 5.32 Å². The van der Waals surface area contributed by atoms with E-state index in [0.29, 0.717) is 18.0 Å². The third kappa shape index (κ3) is 3.80. The van der Waals surface area contributed by atoms with E-state index in [-0.39, 0.29) is 11.6 Å². The maximum absolute atomic E-state index is 12.1. The zero-order valence-corrected chi connectivity index (χ0v) is 12.6. The molecule has 1 aliphatic carbocycles. The van der Waals surface area contributed by atoms with Crippen molar-refractivity contribution in [1.29, 1.82) is 0 Å². The number of nitrogens with zero attached hydrogens (tertiary/aromatic N) is 1. The first kappa shape index (κ1) is 15.5. The van der Waals surface area contributed by atoms with Crippen molar-refractivity contribution in [2.45, 2.75) is 52.4 Å². The second-order valence-electron chi connectivity index (χ2n) is 5.90. The van der Waals surface area contributed by atoms with E-state index in [1.165, 1.54) is 31.7 Å². The van der Waals surface area contributed by atoms with Gasteiger partial charge in [0.25, 0.3) is 5.69 Å². The van der Waals surface area contributed by atoms with Crippen LogP contribution in [0, 0.1) is 29.9 Å². The fraction of sp³-hybridized carbons (Fsp3) is 0.562. The highest BCUT2D eigenvalue weighted by Gasteiger charge is 2.21. The molecule has 1 saturated carbocycles. The van der Waals surface area contributed by atoms with Gasteiger partial charge in [-0.05, 0) is 37.3 Å². The van der Waals surface area contributed by atoms with Gasteiger partial charge in [-0.2, -0.15) is 0 Å². The summed E-state index contributed by atoms with van der Waals surface area (Å²) in [6.07, 6.45) is 6.25. The number of rotatable bonds is 5. The molecule has 1 amide bonds. The quantitative estimate of drug-likeness (QED) is 0.655. The van der Waals surface area contributed by atoms with Crippen LogP contribution in [0.5, 0.6) is 0 Å². The molecule has 21 heavy (non-hydrogen) atoms. The molecule has 0 unspecified atom stereocenters. The fourth-order valence-electron chi connectivity index (χ4n) is 2.95. The van der Waals surface area contributed by atoms with Gasteiger partial charge in [0.05, 0.1) is 4.92 Å². The molecular formula is C16H22N2O3. The molecule has 0 heterocycles. The average molecular weight is 290 g/mol. The van der Waals surface area contributed by atoms with Crippen LogP contribution in [-0.2, 0) is 4.79 Å². The molecule has 0 aromatic heterocycles. The molecule has 1 N–H and O–H groups in total. The Morgan fingerprint density at radius 1 is 1.33 bits per heavy atom. The number of carbonyl (C=O) groups excluding carboxylic acids is 1. The maximum atomic E-state index is 12.1. The molecule has 0 saturated heterocycles. The summed E-state index contributed by atoms with van der Waals surface area (Å²) in [6, 6.07) is 3.16. The number of benzene rings is 1. The third-order valence-corrected chi connectivity index (χ3v) is 4.43. The van der Waals surface area contributed by atoms with E-state index < -0.39 is 4.92 Å². The van der Waals surface area contributed by atoms with Crippen LogP contribution < -0.4 is 5.32 Å². The van der Waals surface area contributed by atoms with Crippen LogP contribution in [0.15, 0.2) is 12.1 Å². The molecular weight excluding hydrogens is 268 g/mol. The summed E-state index contributed by atoms with van der Waals surface area (Å²) in [7, 11) is 0. The van der Waals surface area contributed by atoms with Crippen LogP contribution in [0.3, 0.4) is 0 Å². The minimum absolute atomic E-state index is 0.0349. The van der Waals surface area contributed by atoms with Gasteiger partial charge in [-0.1, -0.05) is 31.7 Å². The zero-order valence-electron chi connectivity index (χ0n) is 12.6. The average Bonchev–Trinajstić information content (AvgIpc) is 2.94. The van der Waals surface area contributed by atoms with Crippen molar-refractivity contribution in [3.8, 4) is 0 Å². The van der Waals surface area contributed by atoms with Crippen molar-refractivity contribution >= 4 is 17.3 Å². The van der Waals surface area contributed by atoms with Gasteiger partial charge in [0, 0.05) is 12.5 Å². The predicted molar refractivity (Wildman–Crippen MR) is 82.4 cm³/mol. The minimum atomic E-state index is -0.445. The van der Waals surface area contributed by atoms with Crippen molar-refractivity contribution in [3.63, 3.8) is 0 Å². The summed E-state index contributed by atoms with van der Waals surface area (Å²) >= 11 is 0. The summed E-state index contributed by atoms with van der Waals surface area (Å²) in [4.78, 5) is 22.7. The molecule has 0 aliphatic heterocycles. The van der Waals surface area contributed by atoms with E-state index >= 15 is 0 Å². The maximum Gasteiger partial charge on any atom is 0.293 e.